The monoisotopic (exact) mass is 734 g/mol. The van der Waals surface area contributed by atoms with Gasteiger partial charge in [0.2, 0.25) is 5.91 Å². The molecule has 0 radical (unpaired) electrons. The zero-order valence-corrected chi connectivity index (χ0v) is 31.8. The van der Waals surface area contributed by atoms with E-state index >= 15 is 0 Å². The Morgan fingerprint density at radius 3 is 1.72 bits per heavy atom. The van der Waals surface area contributed by atoms with Gasteiger partial charge in [0.25, 0.3) is 0 Å². The van der Waals surface area contributed by atoms with Gasteiger partial charge in [-0.25, -0.2) is 9.59 Å². The number of carbonyl (C=O) groups is 3. The standard InChI is InChI=1S/C41H58N4O8/c1-40(2,3)36(44-38(49)53-23-22-52-28-31-20-14-9-15-21-31)37(48)43-32(24-29-16-10-7-11-17-29)34(46)26-42-27-35(47)33(25-30-18-12-8-13-19-30)45(39(50)51)41(4,5)6/h7-21,32-36,42,46-47H,22-28H2,1-6H3,(H,43,48)(H,44,49)(H,50,51)/t32-,33-,34+,35+,36+/m0/s1. The molecule has 0 unspecified atom stereocenters. The van der Waals surface area contributed by atoms with Crippen molar-refractivity contribution in [2.24, 2.45) is 5.41 Å². The molecule has 5 atom stereocenters. The third-order valence-electron chi connectivity index (χ3n) is 8.75. The van der Waals surface area contributed by atoms with Crippen molar-refractivity contribution in [1.82, 2.24) is 20.9 Å². The summed E-state index contributed by atoms with van der Waals surface area (Å²) in [6, 6.07) is 25.8. The highest BCUT2D eigenvalue weighted by Crippen LogP contribution is 2.23. The summed E-state index contributed by atoms with van der Waals surface area (Å²) in [7, 11) is 0. The maximum atomic E-state index is 13.8. The highest BCUT2D eigenvalue weighted by Gasteiger charge is 2.38. The third kappa shape index (κ3) is 14.8. The predicted octanol–water partition coefficient (Wildman–Crippen LogP) is 4.77. The van der Waals surface area contributed by atoms with E-state index in [0.29, 0.717) is 6.61 Å². The van der Waals surface area contributed by atoms with Gasteiger partial charge in [-0.15, -0.1) is 0 Å². The molecule has 0 spiro atoms. The number of amides is 3. The molecule has 53 heavy (non-hydrogen) atoms. The summed E-state index contributed by atoms with van der Waals surface area (Å²) < 4.78 is 10.9. The molecule has 0 aliphatic heterocycles. The quantitative estimate of drug-likeness (QED) is 0.0951. The Balaban J connectivity index is 1.66. The van der Waals surface area contributed by atoms with Gasteiger partial charge in [-0.1, -0.05) is 112 Å². The Hall–Kier alpha value is -4.49. The molecule has 0 aliphatic rings. The Kier molecular flexibility index (Phi) is 16.7. The smallest absolute Gasteiger partial charge is 0.408 e. The van der Waals surface area contributed by atoms with E-state index in [9.17, 15) is 29.7 Å². The first-order chi connectivity index (χ1) is 25.1. The number of alkyl carbamates (subject to hydrolysis) is 1. The average molecular weight is 735 g/mol. The first-order valence-corrected chi connectivity index (χ1v) is 18.1. The molecule has 3 amide bonds. The molecule has 0 fully saturated rings. The Bertz CT molecular complexity index is 1530. The fraction of sp³-hybridized carbons (Fsp3) is 0.488. The molecule has 0 saturated carbocycles. The van der Waals surface area contributed by atoms with Gasteiger partial charge in [0.05, 0.1) is 37.5 Å². The second-order valence-corrected chi connectivity index (χ2v) is 15.3. The van der Waals surface area contributed by atoms with Crippen molar-refractivity contribution in [3.05, 3.63) is 108 Å². The largest absolute Gasteiger partial charge is 0.465 e. The van der Waals surface area contributed by atoms with Crippen molar-refractivity contribution in [1.29, 1.82) is 0 Å². The SMILES string of the molecule is CC(C)(C)[C@H](NC(=O)OCCOCc1ccccc1)C(=O)N[C@@H](Cc1ccccc1)[C@H](O)CNC[C@@H](O)[C@H](Cc1ccccc1)N(C(=O)O)C(C)(C)C. The molecule has 0 saturated heterocycles. The minimum absolute atomic E-state index is 0.00377. The molecule has 0 bridgehead atoms. The van der Waals surface area contributed by atoms with E-state index in [1.807, 2.05) is 112 Å². The van der Waals surface area contributed by atoms with Crippen molar-refractivity contribution in [2.45, 2.75) is 96.9 Å². The van der Waals surface area contributed by atoms with E-state index in [1.165, 1.54) is 4.90 Å². The lowest BCUT2D eigenvalue weighted by Crippen LogP contribution is -2.59. The van der Waals surface area contributed by atoms with Crippen molar-refractivity contribution in [3.8, 4) is 0 Å². The molecule has 0 aliphatic carbocycles. The molecule has 3 aromatic carbocycles. The second-order valence-electron chi connectivity index (χ2n) is 15.3. The molecule has 12 heteroatoms. The van der Waals surface area contributed by atoms with Crippen LogP contribution in [0.4, 0.5) is 9.59 Å². The van der Waals surface area contributed by atoms with Crippen LogP contribution in [0.5, 0.6) is 0 Å². The van der Waals surface area contributed by atoms with Crippen LogP contribution in [0, 0.1) is 5.41 Å². The number of nitrogens with one attached hydrogen (secondary N) is 3. The Labute approximate surface area is 313 Å². The zero-order valence-electron chi connectivity index (χ0n) is 31.8. The Morgan fingerprint density at radius 1 is 0.698 bits per heavy atom. The van der Waals surface area contributed by atoms with Crippen molar-refractivity contribution in [3.63, 3.8) is 0 Å². The molecule has 290 valence electrons. The van der Waals surface area contributed by atoms with E-state index in [1.54, 1.807) is 20.8 Å². The summed E-state index contributed by atoms with van der Waals surface area (Å²) in [4.78, 5) is 40.3. The fourth-order valence-corrected chi connectivity index (χ4v) is 6.05. The lowest BCUT2D eigenvalue weighted by atomic mass is 9.85. The number of benzene rings is 3. The lowest BCUT2D eigenvalue weighted by molar-refractivity contribution is -0.127. The van der Waals surface area contributed by atoms with Crippen LogP contribution < -0.4 is 16.0 Å². The molecule has 12 nitrogen and oxygen atoms in total. The van der Waals surface area contributed by atoms with Gasteiger partial charge in [0.1, 0.15) is 12.6 Å². The molecule has 0 heterocycles. The van der Waals surface area contributed by atoms with Gasteiger partial charge in [-0.05, 0) is 55.7 Å². The molecular weight excluding hydrogens is 676 g/mol. The van der Waals surface area contributed by atoms with Crippen LogP contribution in [-0.4, -0.2) is 100 Å². The molecule has 6 N–H and O–H groups in total. The number of rotatable bonds is 19. The number of ether oxygens (including phenoxy) is 2. The Morgan fingerprint density at radius 2 is 1.21 bits per heavy atom. The molecule has 0 aromatic heterocycles. The van der Waals surface area contributed by atoms with Crippen LogP contribution in [0.3, 0.4) is 0 Å². The fourth-order valence-electron chi connectivity index (χ4n) is 6.05. The lowest BCUT2D eigenvalue weighted by Gasteiger charge is -2.42. The number of nitrogens with zero attached hydrogens (tertiary/aromatic N) is 1. The summed E-state index contributed by atoms with van der Waals surface area (Å²) in [6.07, 6.45) is -3.59. The first-order valence-electron chi connectivity index (χ1n) is 18.1. The van der Waals surface area contributed by atoms with Gasteiger partial charge in [0, 0.05) is 18.6 Å². The maximum absolute atomic E-state index is 13.8. The topological polar surface area (TPSA) is 170 Å². The van der Waals surface area contributed by atoms with Gasteiger partial charge in [-0.3, -0.25) is 9.69 Å². The van der Waals surface area contributed by atoms with Crippen LogP contribution in [0.25, 0.3) is 0 Å². The normalized spacial score (nSPS) is 14.6. The highest BCUT2D eigenvalue weighted by atomic mass is 16.6. The van der Waals surface area contributed by atoms with Gasteiger partial charge < -0.3 is 40.7 Å². The van der Waals surface area contributed by atoms with E-state index in [0.717, 1.165) is 16.7 Å². The van der Waals surface area contributed by atoms with E-state index in [2.05, 4.69) is 16.0 Å². The van der Waals surface area contributed by atoms with Crippen LogP contribution in [0.15, 0.2) is 91.0 Å². The summed E-state index contributed by atoms with van der Waals surface area (Å²) in [5, 5.41) is 41.7. The summed E-state index contributed by atoms with van der Waals surface area (Å²) in [6.45, 7) is 11.3. The van der Waals surface area contributed by atoms with E-state index in [4.69, 9.17) is 9.47 Å². The van der Waals surface area contributed by atoms with Crippen molar-refractivity contribution >= 4 is 18.1 Å². The molecular formula is C41H58N4O8. The predicted molar refractivity (Wildman–Crippen MR) is 204 cm³/mol. The van der Waals surface area contributed by atoms with Crippen LogP contribution in [-0.2, 0) is 33.7 Å². The van der Waals surface area contributed by atoms with Crippen LogP contribution in [0.2, 0.25) is 0 Å². The number of carbonyl (C=O) groups excluding carboxylic acids is 2. The van der Waals surface area contributed by atoms with Gasteiger partial charge >= 0.3 is 12.2 Å². The van der Waals surface area contributed by atoms with Crippen molar-refractivity contribution < 1.29 is 39.2 Å². The maximum Gasteiger partial charge on any atom is 0.408 e. The minimum atomic E-state index is -1.15. The summed E-state index contributed by atoms with van der Waals surface area (Å²) in [5.74, 6) is -0.500. The van der Waals surface area contributed by atoms with Crippen molar-refractivity contribution in [2.75, 3.05) is 26.3 Å². The van der Waals surface area contributed by atoms with Crippen LogP contribution in [0.1, 0.15) is 58.2 Å². The van der Waals surface area contributed by atoms with E-state index < -0.39 is 59.4 Å². The van der Waals surface area contributed by atoms with E-state index in [-0.39, 0.29) is 39.1 Å². The number of hydrogen-bond acceptors (Lipinski definition) is 8. The van der Waals surface area contributed by atoms with Gasteiger partial charge in [-0.2, -0.15) is 0 Å². The van der Waals surface area contributed by atoms with Crippen LogP contribution >= 0.6 is 0 Å². The average Bonchev–Trinajstić information content (AvgIpc) is 3.09. The number of hydrogen-bond donors (Lipinski definition) is 6. The summed E-state index contributed by atoms with van der Waals surface area (Å²) in [5.41, 5.74) is 1.24. The van der Waals surface area contributed by atoms with Gasteiger partial charge in [0.15, 0.2) is 0 Å². The minimum Gasteiger partial charge on any atom is -0.465 e. The number of aliphatic hydroxyl groups is 2. The number of carboxylic acid groups (broad SMARTS) is 1. The number of aliphatic hydroxyl groups excluding tert-OH is 2. The zero-order chi connectivity index (χ0) is 39.0. The second kappa shape index (κ2) is 20.7. The first kappa shape index (κ1) is 42.9. The highest BCUT2D eigenvalue weighted by molar-refractivity contribution is 5.86. The molecule has 3 rings (SSSR count). The summed E-state index contributed by atoms with van der Waals surface area (Å²) >= 11 is 0. The third-order valence-corrected chi connectivity index (χ3v) is 8.75. The molecule has 3 aromatic rings.